The number of aryl methyl sites for hydroxylation is 1. The first kappa shape index (κ1) is 13.6. The van der Waals surface area contributed by atoms with Crippen molar-refractivity contribution in [3.8, 4) is 5.69 Å². The third kappa shape index (κ3) is 2.23. The average molecular weight is 351 g/mol. The Hall–Kier alpha value is -1.39. The van der Waals surface area contributed by atoms with Crippen molar-refractivity contribution in [1.29, 1.82) is 0 Å². The molecule has 102 valence electrons. The van der Waals surface area contributed by atoms with Gasteiger partial charge < -0.3 is 0 Å². The van der Waals surface area contributed by atoms with Crippen LogP contribution in [0.5, 0.6) is 0 Å². The van der Waals surface area contributed by atoms with Crippen LogP contribution in [0.1, 0.15) is 11.4 Å². The van der Waals surface area contributed by atoms with Crippen LogP contribution in [0.2, 0.25) is 0 Å². The average Bonchev–Trinajstić information content (AvgIpc) is 2.80. The molecule has 3 rings (SSSR count). The SMILES string of the molecule is Cc1c(Br)cccc1-n1c(CCCl)nc2cnccc21. The van der Waals surface area contributed by atoms with Crippen molar-refractivity contribution < 1.29 is 0 Å². The Morgan fingerprint density at radius 2 is 2.15 bits per heavy atom. The molecule has 3 aromatic rings. The number of hydrogen-bond donors (Lipinski definition) is 0. The number of benzene rings is 1. The van der Waals surface area contributed by atoms with Gasteiger partial charge >= 0.3 is 0 Å². The van der Waals surface area contributed by atoms with Crippen LogP contribution in [0, 0.1) is 6.92 Å². The molecule has 0 aliphatic rings. The van der Waals surface area contributed by atoms with Gasteiger partial charge in [-0.1, -0.05) is 22.0 Å². The molecule has 20 heavy (non-hydrogen) atoms. The zero-order valence-corrected chi connectivity index (χ0v) is 13.3. The third-order valence-corrected chi connectivity index (χ3v) is 4.37. The molecule has 0 fully saturated rings. The molecule has 0 amide bonds. The molecule has 1 aromatic carbocycles. The molecule has 0 unspecified atom stereocenters. The molecule has 0 radical (unpaired) electrons. The summed E-state index contributed by atoms with van der Waals surface area (Å²) in [6.45, 7) is 2.09. The first-order chi connectivity index (χ1) is 9.72. The van der Waals surface area contributed by atoms with E-state index in [-0.39, 0.29) is 0 Å². The van der Waals surface area contributed by atoms with Gasteiger partial charge in [0.1, 0.15) is 11.3 Å². The van der Waals surface area contributed by atoms with Crippen LogP contribution >= 0.6 is 27.5 Å². The summed E-state index contributed by atoms with van der Waals surface area (Å²) in [4.78, 5) is 8.79. The number of aromatic nitrogens is 3. The van der Waals surface area contributed by atoms with Gasteiger partial charge in [-0.25, -0.2) is 4.98 Å². The number of hydrogen-bond acceptors (Lipinski definition) is 2. The summed E-state index contributed by atoms with van der Waals surface area (Å²) in [7, 11) is 0. The Bertz CT molecular complexity index is 767. The highest BCUT2D eigenvalue weighted by Gasteiger charge is 2.14. The van der Waals surface area contributed by atoms with E-state index in [9.17, 15) is 0 Å². The predicted octanol–water partition coefficient (Wildman–Crippen LogP) is 4.27. The molecule has 5 heteroatoms. The molecule has 0 atom stereocenters. The second-order valence-corrected chi connectivity index (χ2v) is 5.78. The van der Waals surface area contributed by atoms with E-state index in [4.69, 9.17) is 11.6 Å². The molecule has 0 bridgehead atoms. The molecule has 0 N–H and O–H groups in total. The highest BCUT2D eigenvalue weighted by atomic mass is 79.9. The smallest absolute Gasteiger partial charge is 0.115 e. The summed E-state index contributed by atoms with van der Waals surface area (Å²) in [5, 5.41) is 0. The number of halogens is 2. The Balaban J connectivity index is 2.33. The summed E-state index contributed by atoms with van der Waals surface area (Å²) in [5.74, 6) is 1.51. The molecular formula is C15H13BrClN3. The monoisotopic (exact) mass is 349 g/mol. The topological polar surface area (TPSA) is 30.7 Å². The van der Waals surface area contributed by atoms with Gasteiger partial charge in [0.05, 0.1) is 17.4 Å². The van der Waals surface area contributed by atoms with E-state index in [0.29, 0.717) is 5.88 Å². The predicted molar refractivity (Wildman–Crippen MR) is 85.7 cm³/mol. The Morgan fingerprint density at radius 1 is 1.30 bits per heavy atom. The largest absolute Gasteiger partial charge is 0.296 e. The van der Waals surface area contributed by atoms with Crippen molar-refractivity contribution in [2.24, 2.45) is 0 Å². The van der Waals surface area contributed by atoms with E-state index in [1.165, 1.54) is 5.56 Å². The van der Waals surface area contributed by atoms with E-state index in [2.05, 4.69) is 43.5 Å². The molecular weight excluding hydrogens is 338 g/mol. The highest BCUT2D eigenvalue weighted by Crippen LogP contribution is 2.27. The number of alkyl halides is 1. The summed E-state index contributed by atoms with van der Waals surface area (Å²) < 4.78 is 3.25. The molecule has 3 nitrogen and oxygen atoms in total. The fourth-order valence-electron chi connectivity index (χ4n) is 2.34. The van der Waals surface area contributed by atoms with Crippen LogP contribution in [0.15, 0.2) is 41.1 Å². The van der Waals surface area contributed by atoms with Gasteiger partial charge in [-0.3, -0.25) is 9.55 Å². The minimum absolute atomic E-state index is 0.545. The fourth-order valence-corrected chi connectivity index (χ4v) is 2.87. The molecule has 0 saturated heterocycles. The molecule has 0 aliphatic carbocycles. The van der Waals surface area contributed by atoms with E-state index >= 15 is 0 Å². The molecule has 0 spiro atoms. The standard InChI is InChI=1S/C15H13BrClN3/c1-10-11(16)3-2-4-13(10)20-14-6-8-18-9-12(14)19-15(20)5-7-17/h2-4,6,8-9H,5,7H2,1H3. The summed E-state index contributed by atoms with van der Waals surface area (Å²) in [5.41, 5.74) is 4.25. The van der Waals surface area contributed by atoms with E-state index in [1.54, 1.807) is 12.4 Å². The maximum Gasteiger partial charge on any atom is 0.115 e. The van der Waals surface area contributed by atoms with Crippen LogP contribution in [0.4, 0.5) is 0 Å². The van der Waals surface area contributed by atoms with Gasteiger partial charge in [0, 0.05) is 23.0 Å². The van der Waals surface area contributed by atoms with Crippen LogP contribution in [0.3, 0.4) is 0 Å². The second-order valence-electron chi connectivity index (χ2n) is 4.55. The van der Waals surface area contributed by atoms with Crippen molar-refractivity contribution in [2.45, 2.75) is 13.3 Å². The summed E-state index contributed by atoms with van der Waals surface area (Å²) in [6, 6.07) is 8.16. The Morgan fingerprint density at radius 3 is 2.95 bits per heavy atom. The van der Waals surface area contributed by atoms with Gasteiger partial charge in [-0.05, 0) is 30.7 Å². The first-order valence-electron chi connectivity index (χ1n) is 6.35. The number of imidazole rings is 1. The lowest BCUT2D eigenvalue weighted by Crippen LogP contribution is -2.04. The lowest BCUT2D eigenvalue weighted by Gasteiger charge is -2.12. The number of pyridine rings is 1. The van der Waals surface area contributed by atoms with Crippen LogP contribution in [0.25, 0.3) is 16.7 Å². The number of fused-ring (bicyclic) bond motifs is 1. The Kier molecular flexibility index (Phi) is 3.76. The zero-order valence-electron chi connectivity index (χ0n) is 11.0. The fraction of sp³-hybridized carbons (Fsp3) is 0.200. The summed E-state index contributed by atoms with van der Waals surface area (Å²) >= 11 is 9.50. The summed E-state index contributed by atoms with van der Waals surface area (Å²) in [6.07, 6.45) is 4.30. The highest BCUT2D eigenvalue weighted by molar-refractivity contribution is 9.10. The maximum absolute atomic E-state index is 5.92. The molecule has 0 saturated carbocycles. The first-order valence-corrected chi connectivity index (χ1v) is 7.68. The van der Waals surface area contributed by atoms with E-state index in [1.807, 2.05) is 18.2 Å². The lowest BCUT2D eigenvalue weighted by molar-refractivity contribution is 0.906. The molecule has 0 aliphatic heterocycles. The normalized spacial score (nSPS) is 11.2. The zero-order chi connectivity index (χ0) is 14.1. The van der Waals surface area contributed by atoms with Crippen molar-refractivity contribution in [3.05, 3.63) is 52.5 Å². The van der Waals surface area contributed by atoms with Crippen molar-refractivity contribution >= 4 is 38.6 Å². The van der Waals surface area contributed by atoms with Crippen LogP contribution < -0.4 is 0 Å². The van der Waals surface area contributed by atoms with Crippen LogP contribution in [-0.2, 0) is 6.42 Å². The van der Waals surface area contributed by atoms with Crippen molar-refractivity contribution in [3.63, 3.8) is 0 Å². The van der Waals surface area contributed by atoms with Gasteiger partial charge in [0.15, 0.2) is 0 Å². The van der Waals surface area contributed by atoms with Crippen molar-refractivity contribution in [1.82, 2.24) is 14.5 Å². The Labute approximate surface area is 130 Å². The second kappa shape index (κ2) is 5.54. The third-order valence-electron chi connectivity index (χ3n) is 3.32. The van der Waals surface area contributed by atoms with E-state index < -0.39 is 0 Å². The van der Waals surface area contributed by atoms with Gasteiger partial charge in [0.25, 0.3) is 0 Å². The quantitative estimate of drug-likeness (QED) is 0.660. The molecule has 2 aromatic heterocycles. The van der Waals surface area contributed by atoms with E-state index in [0.717, 1.165) is 33.4 Å². The maximum atomic E-state index is 5.92. The lowest BCUT2D eigenvalue weighted by atomic mass is 10.2. The van der Waals surface area contributed by atoms with Crippen molar-refractivity contribution in [2.75, 3.05) is 5.88 Å². The van der Waals surface area contributed by atoms with Gasteiger partial charge in [-0.2, -0.15) is 0 Å². The number of rotatable bonds is 3. The van der Waals surface area contributed by atoms with Crippen LogP contribution in [-0.4, -0.2) is 20.4 Å². The minimum atomic E-state index is 0.545. The number of nitrogens with zero attached hydrogens (tertiary/aromatic N) is 3. The molecule has 2 heterocycles. The minimum Gasteiger partial charge on any atom is -0.296 e. The van der Waals surface area contributed by atoms with Gasteiger partial charge in [-0.15, -0.1) is 11.6 Å². The van der Waals surface area contributed by atoms with Gasteiger partial charge in [0.2, 0.25) is 0 Å².